The van der Waals surface area contributed by atoms with Crippen molar-refractivity contribution in [1.29, 1.82) is 0 Å². The second-order valence-corrected chi connectivity index (χ2v) is 5.55. The molecule has 0 radical (unpaired) electrons. The molecule has 1 unspecified atom stereocenters. The Labute approximate surface area is 105 Å². The highest BCUT2D eigenvalue weighted by Crippen LogP contribution is 2.35. The normalized spacial score (nSPS) is 13.3. The number of hydrogen-bond donors (Lipinski definition) is 1. The zero-order valence-corrected chi connectivity index (χ0v) is 11.7. The van der Waals surface area contributed by atoms with Crippen molar-refractivity contribution >= 4 is 11.4 Å². The molecule has 0 aliphatic carbocycles. The van der Waals surface area contributed by atoms with E-state index in [-0.39, 0.29) is 5.41 Å². The molecule has 0 aliphatic heterocycles. The van der Waals surface area contributed by atoms with Gasteiger partial charge < -0.3 is 15.4 Å². The molecule has 1 atom stereocenters. The summed E-state index contributed by atoms with van der Waals surface area (Å²) in [5.41, 5.74) is 8.03. The lowest BCUT2D eigenvalue weighted by atomic mass is 9.87. The van der Waals surface area contributed by atoms with Crippen LogP contribution in [0.4, 0.5) is 11.4 Å². The zero-order valence-electron chi connectivity index (χ0n) is 11.7. The first-order chi connectivity index (χ1) is 7.79. The largest absolute Gasteiger partial charge is 0.495 e. The van der Waals surface area contributed by atoms with E-state index in [2.05, 4.69) is 39.6 Å². The summed E-state index contributed by atoms with van der Waals surface area (Å²) in [4.78, 5) is 2.21. The van der Waals surface area contributed by atoms with Gasteiger partial charge >= 0.3 is 0 Å². The maximum atomic E-state index is 6.11. The Balaban J connectivity index is 3.08. The lowest BCUT2D eigenvalue weighted by molar-refractivity contribution is 0.329. The van der Waals surface area contributed by atoms with Crippen molar-refractivity contribution in [3.63, 3.8) is 0 Å². The monoisotopic (exact) mass is 236 g/mol. The van der Waals surface area contributed by atoms with Crippen LogP contribution in [0.5, 0.6) is 5.75 Å². The zero-order chi connectivity index (χ0) is 13.2. The number of rotatable bonds is 3. The first-order valence-electron chi connectivity index (χ1n) is 5.94. The molecule has 3 heteroatoms. The minimum Gasteiger partial charge on any atom is -0.495 e. The molecule has 0 bridgehead atoms. The van der Waals surface area contributed by atoms with E-state index in [0.717, 1.165) is 11.4 Å². The van der Waals surface area contributed by atoms with Crippen LogP contribution in [0.1, 0.15) is 27.7 Å². The second-order valence-electron chi connectivity index (χ2n) is 5.55. The van der Waals surface area contributed by atoms with Crippen LogP contribution in [0, 0.1) is 5.41 Å². The number of nitrogens with two attached hydrogens (primary N) is 1. The van der Waals surface area contributed by atoms with Crippen LogP contribution in [0.15, 0.2) is 18.2 Å². The fourth-order valence-corrected chi connectivity index (χ4v) is 1.81. The van der Waals surface area contributed by atoms with E-state index in [1.807, 2.05) is 18.2 Å². The summed E-state index contributed by atoms with van der Waals surface area (Å²) in [5, 5.41) is 0. The van der Waals surface area contributed by atoms with E-state index < -0.39 is 0 Å². The van der Waals surface area contributed by atoms with Gasteiger partial charge in [-0.15, -0.1) is 0 Å². The van der Waals surface area contributed by atoms with Crippen LogP contribution in [0.2, 0.25) is 0 Å². The smallest absolute Gasteiger partial charge is 0.143 e. The third kappa shape index (κ3) is 2.84. The summed E-state index contributed by atoms with van der Waals surface area (Å²) in [6, 6.07) is 6.27. The van der Waals surface area contributed by atoms with E-state index in [1.54, 1.807) is 7.11 Å². The molecule has 0 saturated heterocycles. The summed E-state index contributed by atoms with van der Waals surface area (Å²) in [6.07, 6.45) is 0. The van der Waals surface area contributed by atoms with Gasteiger partial charge in [0, 0.05) is 13.1 Å². The Morgan fingerprint density at radius 2 is 1.88 bits per heavy atom. The molecule has 2 N–H and O–H groups in total. The average molecular weight is 236 g/mol. The van der Waals surface area contributed by atoms with Gasteiger partial charge in [0.15, 0.2) is 0 Å². The van der Waals surface area contributed by atoms with Crippen LogP contribution in [-0.2, 0) is 0 Å². The molecule has 1 aromatic rings. The quantitative estimate of drug-likeness (QED) is 0.819. The first kappa shape index (κ1) is 13.7. The van der Waals surface area contributed by atoms with Gasteiger partial charge in [0.05, 0.1) is 18.5 Å². The molecular weight excluding hydrogens is 212 g/mol. The maximum absolute atomic E-state index is 6.11. The Morgan fingerprint density at radius 3 is 2.35 bits per heavy atom. The van der Waals surface area contributed by atoms with Gasteiger partial charge in [-0.3, -0.25) is 0 Å². The van der Waals surface area contributed by atoms with Gasteiger partial charge in [0.25, 0.3) is 0 Å². The molecule has 0 fully saturated rings. The van der Waals surface area contributed by atoms with Crippen molar-refractivity contribution in [1.82, 2.24) is 0 Å². The SMILES string of the molecule is COc1cccc(N(C)C(C)C(C)(C)C)c1N. The topological polar surface area (TPSA) is 38.5 Å². The number of ether oxygens (including phenoxy) is 1. The highest BCUT2D eigenvalue weighted by atomic mass is 16.5. The van der Waals surface area contributed by atoms with Crippen LogP contribution in [-0.4, -0.2) is 20.2 Å². The maximum Gasteiger partial charge on any atom is 0.143 e. The summed E-state index contributed by atoms with van der Waals surface area (Å²) in [6.45, 7) is 8.89. The summed E-state index contributed by atoms with van der Waals surface area (Å²) < 4.78 is 5.25. The van der Waals surface area contributed by atoms with Crippen LogP contribution in [0.25, 0.3) is 0 Å². The molecule has 96 valence electrons. The number of anilines is 2. The third-order valence-electron chi connectivity index (χ3n) is 3.48. The van der Waals surface area contributed by atoms with Gasteiger partial charge in [0.1, 0.15) is 5.75 Å². The third-order valence-corrected chi connectivity index (χ3v) is 3.48. The second kappa shape index (κ2) is 4.86. The van der Waals surface area contributed by atoms with Gasteiger partial charge in [-0.05, 0) is 24.5 Å². The van der Waals surface area contributed by atoms with Gasteiger partial charge in [-0.1, -0.05) is 26.8 Å². The Kier molecular flexibility index (Phi) is 3.91. The lowest BCUT2D eigenvalue weighted by Gasteiger charge is -2.37. The van der Waals surface area contributed by atoms with E-state index in [1.165, 1.54) is 0 Å². The van der Waals surface area contributed by atoms with Crippen molar-refractivity contribution in [3.8, 4) is 5.75 Å². The molecule has 3 nitrogen and oxygen atoms in total. The van der Waals surface area contributed by atoms with E-state index in [4.69, 9.17) is 10.5 Å². The van der Waals surface area contributed by atoms with Gasteiger partial charge in [-0.2, -0.15) is 0 Å². The molecule has 0 aliphatic rings. The number of methoxy groups -OCH3 is 1. The van der Waals surface area contributed by atoms with Crippen molar-refractivity contribution in [2.75, 3.05) is 24.8 Å². The first-order valence-corrected chi connectivity index (χ1v) is 5.94. The number of para-hydroxylation sites is 1. The Hall–Kier alpha value is -1.38. The fourth-order valence-electron chi connectivity index (χ4n) is 1.81. The number of benzene rings is 1. The summed E-state index contributed by atoms with van der Waals surface area (Å²) in [7, 11) is 3.71. The number of nitrogen functional groups attached to an aromatic ring is 1. The summed E-state index contributed by atoms with van der Waals surface area (Å²) >= 11 is 0. The highest BCUT2D eigenvalue weighted by Gasteiger charge is 2.25. The van der Waals surface area contributed by atoms with Crippen molar-refractivity contribution < 1.29 is 4.74 Å². The standard InChI is InChI=1S/C14H24N2O/c1-10(14(2,3)4)16(5)11-8-7-9-12(17-6)13(11)15/h7-10H,15H2,1-6H3. The van der Waals surface area contributed by atoms with Crippen molar-refractivity contribution in [2.45, 2.75) is 33.7 Å². The highest BCUT2D eigenvalue weighted by molar-refractivity contribution is 5.74. The molecule has 0 saturated carbocycles. The van der Waals surface area contributed by atoms with Gasteiger partial charge in [-0.25, -0.2) is 0 Å². The molecule has 0 heterocycles. The molecule has 17 heavy (non-hydrogen) atoms. The van der Waals surface area contributed by atoms with Crippen LogP contribution in [0.3, 0.4) is 0 Å². The van der Waals surface area contributed by atoms with Crippen LogP contribution < -0.4 is 15.4 Å². The minimum atomic E-state index is 0.199. The molecule has 1 aromatic carbocycles. The van der Waals surface area contributed by atoms with E-state index >= 15 is 0 Å². The predicted octanol–water partition coefficient (Wildman–Crippen LogP) is 3.15. The number of hydrogen-bond acceptors (Lipinski definition) is 3. The van der Waals surface area contributed by atoms with Crippen molar-refractivity contribution in [2.24, 2.45) is 5.41 Å². The molecule has 0 aromatic heterocycles. The average Bonchev–Trinajstić information content (AvgIpc) is 2.26. The van der Waals surface area contributed by atoms with Crippen LogP contribution >= 0.6 is 0 Å². The predicted molar refractivity (Wildman–Crippen MR) is 74.7 cm³/mol. The Bertz CT molecular complexity index is 382. The lowest BCUT2D eigenvalue weighted by Crippen LogP contribution is -2.39. The Morgan fingerprint density at radius 1 is 1.29 bits per heavy atom. The van der Waals surface area contributed by atoms with Crippen molar-refractivity contribution in [3.05, 3.63) is 18.2 Å². The molecule has 0 spiro atoms. The molecule has 0 amide bonds. The van der Waals surface area contributed by atoms with E-state index in [0.29, 0.717) is 11.7 Å². The van der Waals surface area contributed by atoms with Gasteiger partial charge in [0.2, 0.25) is 0 Å². The minimum absolute atomic E-state index is 0.199. The van der Waals surface area contributed by atoms with E-state index in [9.17, 15) is 0 Å². The number of nitrogens with zero attached hydrogens (tertiary/aromatic N) is 1. The molecule has 1 rings (SSSR count). The molecular formula is C14H24N2O. The summed E-state index contributed by atoms with van der Waals surface area (Å²) in [5.74, 6) is 0.732. The fraction of sp³-hybridized carbons (Fsp3) is 0.571.